The van der Waals surface area contributed by atoms with Gasteiger partial charge in [0.2, 0.25) is 0 Å². The van der Waals surface area contributed by atoms with Crippen molar-refractivity contribution in [3.63, 3.8) is 0 Å². The number of sulfonamides is 1. The van der Waals surface area contributed by atoms with Gasteiger partial charge in [0, 0.05) is 6.07 Å². The number of nitriles is 1. The molecule has 2 rings (SSSR count). The van der Waals surface area contributed by atoms with Crippen LogP contribution in [0, 0.1) is 11.3 Å². The Morgan fingerprint density at radius 2 is 1.95 bits per heavy atom. The van der Waals surface area contributed by atoms with Crippen molar-refractivity contribution in [2.75, 3.05) is 4.72 Å². The number of halogens is 1. The summed E-state index contributed by atoms with van der Waals surface area (Å²) in [7, 11) is -3.74. The van der Waals surface area contributed by atoms with Gasteiger partial charge >= 0.3 is 0 Å². The second-order valence-electron chi connectivity index (χ2n) is 3.81. The number of hydrogen-bond acceptors (Lipinski definition) is 5. The zero-order chi connectivity index (χ0) is 14.6. The molecule has 1 N–H and O–H groups in total. The van der Waals surface area contributed by atoms with Crippen LogP contribution in [0.1, 0.15) is 5.56 Å². The summed E-state index contributed by atoms with van der Waals surface area (Å²) in [6, 6.07) is 9.33. The van der Waals surface area contributed by atoms with Gasteiger partial charge in [0.05, 0.1) is 17.4 Å². The molecule has 0 aliphatic carbocycles. The Kier molecular flexibility index (Phi) is 4.17. The van der Waals surface area contributed by atoms with Gasteiger partial charge in [-0.25, -0.2) is 18.4 Å². The van der Waals surface area contributed by atoms with Crippen LogP contribution in [-0.4, -0.2) is 18.4 Å². The maximum atomic E-state index is 12.1. The van der Waals surface area contributed by atoms with E-state index in [0.29, 0.717) is 0 Å². The van der Waals surface area contributed by atoms with Crippen molar-refractivity contribution in [3.05, 3.63) is 47.4 Å². The SMILES string of the molecule is N#CCc1ccc(S(=O)(=O)Nc2cc(Cl)ncn2)cc1. The summed E-state index contributed by atoms with van der Waals surface area (Å²) in [4.78, 5) is 7.51. The number of hydrogen-bond donors (Lipinski definition) is 1. The van der Waals surface area contributed by atoms with E-state index in [4.69, 9.17) is 16.9 Å². The standard InChI is InChI=1S/C12H9ClN4O2S/c13-11-7-12(16-8-15-11)17-20(18,19)10-3-1-9(2-4-10)5-6-14/h1-4,7-8H,5H2,(H,15,16,17). The van der Waals surface area contributed by atoms with Gasteiger partial charge in [-0.3, -0.25) is 4.72 Å². The fourth-order valence-corrected chi connectivity index (χ4v) is 2.61. The molecule has 1 aromatic heterocycles. The summed E-state index contributed by atoms with van der Waals surface area (Å²) in [6.07, 6.45) is 1.39. The highest BCUT2D eigenvalue weighted by Crippen LogP contribution is 2.16. The molecule has 0 bridgehead atoms. The lowest BCUT2D eigenvalue weighted by Crippen LogP contribution is -2.14. The molecule has 1 aromatic carbocycles. The van der Waals surface area contributed by atoms with Gasteiger partial charge in [0.25, 0.3) is 10.0 Å². The molecular weight excluding hydrogens is 300 g/mol. The first-order chi connectivity index (χ1) is 9.51. The maximum absolute atomic E-state index is 12.1. The van der Waals surface area contributed by atoms with Crippen molar-refractivity contribution in [2.24, 2.45) is 0 Å². The topological polar surface area (TPSA) is 95.7 Å². The Balaban J connectivity index is 2.24. The average molecular weight is 309 g/mol. The predicted molar refractivity (Wildman–Crippen MR) is 73.6 cm³/mol. The van der Waals surface area contributed by atoms with Crippen LogP contribution in [0.2, 0.25) is 5.15 Å². The second-order valence-corrected chi connectivity index (χ2v) is 5.88. The molecule has 0 aliphatic heterocycles. The van der Waals surface area contributed by atoms with Crippen LogP contribution in [0.25, 0.3) is 0 Å². The molecule has 0 saturated carbocycles. The summed E-state index contributed by atoms with van der Waals surface area (Å²) in [5.41, 5.74) is 0.747. The predicted octanol–water partition coefficient (Wildman–Crippen LogP) is 2.00. The quantitative estimate of drug-likeness (QED) is 0.871. The normalized spacial score (nSPS) is 10.8. The van der Waals surface area contributed by atoms with E-state index in [1.54, 1.807) is 12.1 Å². The summed E-state index contributed by atoms with van der Waals surface area (Å²) in [5.74, 6) is 0.0890. The smallest absolute Gasteiger partial charge is 0.263 e. The first-order valence-electron chi connectivity index (χ1n) is 5.47. The molecule has 0 spiro atoms. The number of aromatic nitrogens is 2. The molecule has 6 nitrogen and oxygen atoms in total. The van der Waals surface area contributed by atoms with Gasteiger partial charge in [0.15, 0.2) is 0 Å². The molecule has 8 heteroatoms. The molecule has 2 aromatic rings. The third-order valence-electron chi connectivity index (χ3n) is 2.39. The molecule has 102 valence electrons. The van der Waals surface area contributed by atoms with Gasteiger partial charge in [0.1, 0.15) is 17.3 Å². The Morgan fingerprint density at radius 3 is 2.55 bits per heavy atom. The lowest BCUT2D eigenvalue weighted by Gasteiger charge is -2.07. The highest BCUT2D eigenvalue weighted by atomic mass is 35.5. The van der Waals surface area contributed by atoms with Crippen molar-refractivity contribution in [2.45, 2.75) is 11.3 Å². The van der Waals surface area contributed by atoms with E-state index in [1.165, 1.54) is 18.2 Å². The van der Waals surface area contributed by atoms with E-state index >= 15 is 0 Å². The molecule has 0 amide bonds. The fourth-order valence-electron chi connectivity index (χ4n) is 1.46. The number of rotatable bonds is 4. The van der Waals surface area contributed by atoms with Crippen LogP contribution in [0.15, 0.2) is 41.6 Å². The van der Waals surface area contributed by atoms with E-state index in [-0.39, 0.29) is 22.3 Å². The summed E-state index contributed by atoms with van der Waals surface area (Å²) >= 11 is 5.66. The minimum absolute atomic E-state index is 0.0777. The van der Waals surface area contributed by atoms with Crippen molar-refractivity contribution in [1.82, 2.24) is 9.97 Å². The number of nitrogens with zero attached hydrogens (tertiary/aromatic N) is 3. The van der Waals surface area contributed by atoms with Gasteiger partial charge in [-0.1, -0.05) is 23.7 Å². The summed E-state index contributed by atoms with van der Waals surface area (Å²) in [6.45, 7) is 0. The molecule has 0 fully saturated rings. The van der Waals surface area contributed by atoms with Crippen molar-refractivity contribution >= 4 is 27.4 Å². The van der Waals surface area contributed by atoms with Gasteiger partial charge in [-0.05, 0) is 17.7 Å². The third-order valence-corrected chi connectivity index (χ3v) is 3.97. The Labute approximate surface area is 121 Å². The molecule has 0 radical (unpaired) electrons. The second kappa shape index (κ2) is 5.86. The van der Waals surface area contributed by atoms with Crippen molar-refractivity contribution < 1.29 is 8.42 Å². The molecule has 0 saturated heterocycles. The minimum Gasteiger partial charge on any atom is -0.263 e. The Hall–Kier alpha value is -2.17. The minimum atomic E-state index is -3.74. The molecular formula is C12H9ClN4O2S. The van der Waals surface area contributed by atoms with Gasteiger partial charge < -0.3 is 0 Å². The molecule has 0 unspecified atom stereocenters. The van der Waals surface area contributed by atoms with Crippen LogP contribution in [0.3, 0.4) is 0 Å². The largest absolute Gasteiger partial charge is 0.263 e. The molecule has 20 heavy (non-hydrogen) atoms. The molecule has 1 heterocycles. The highest BCUT2D eigenvalue weighted by Gasteiger charge is 2.14. The van der Waals surface area contributed by atoms with Crippen molar-refractivity contribution in [1.29, 1.82) is 5.26 Å². The fraction of sp³-hybridized carbons (Fsp3) is 0.0833. The molecule has 0 aliphatic rings. The monoisotopic (exact) mass is 308 g/mol. The van der Waals surface area contributed by atoms with Crippen LogP contribution in [0.4, 0.5) is 5.82 Å². The van der Waals surface area contributed by atoms with E-state index < -0.39 is 10.0 Å². The van der Waals surface area contributed by atoms with E-state index in [1.807, 2.05) is 6.07 Å². The lowest BCUT2D eigenvalue weighted by molar-refractivity contribution is 0.601. The third kappa shape index (κ3) is 3.44. The zero-order valence-electron chi connectivity index (χ0n) is 10.1. The number of nitrogens with one attached hydrogen (secondary N) is 1. The zero-order valence-corrected chi connectivity index (χ0v) is 11.7. The van der Waals surface area contributed by atoms with Crippen LogP contribution >= 0.6 is 11.6 Å². The highest BCUT2D eigenvalue weighted by molar-refractivity contribution is 7.92. The number of anilines is 1. The summed E-state index contributed by atoms with van der Waals surface area (Å²) in [5, 5.41) is 8.70. The maximum Gasteiger partial charge on any atom is 0.263 e. The van der Waals surface area contributed by atoms with Crippen LogP contribution < -0.4 is 4.72 Å². The first kappa shape index (κ1) is 14.2. The average Bonchev–Trinajstić information content (AvgIpc) is 2.39. The Bertz CT molecular complexity index is 754. The van der Waals surface area contributed by atoms with Crippen LogP contribution in [-0.2, 0) is 16.4 Å². The van der Waals surface area contributed by atoms with Gasteiger partial charge in [-0.15, -0.1) is 0 Å². The molecule has 0 atom stereocenters. The first-order valence-corrected chi connectivity index (χ1v) is 7.33. The number of benzene rings is 1. The summed E-state index contributed by atoms with van der Waals surface area (Å²) < 4.78 is 26.5. The van der Waals surface area contributed by atoms with E-state index in [2.05, 4.69) is 14.7 Å². The van der Waals surface area contributed by atoms with E-state index in [0.717, 1.165) is 11.9 Å². The Morgan fingerprint density at radius 1 is 1.25 bits per heavy atom. The van der Waals surface area contributed by atoms with Crippen molar-refractivity contribution in [3.8, 4) is 6.07 Å². The van der Waals surface area contributed by atoms with E-state index in [9.17, 15) is 8.42 Å². The lowest BCUT2D eigenvalue weighted by atomic mass is 10.2. The van der Waals surface area contributed by atoms with Gasteiger partial charge in [-0.2, -0.15) is 5.26 Å². The van der Waals surface area contributed by atoms with Crippen LogP contribution in [0.5, 0.6) is 0 Å².